The topological polar surface area (TPSA) is 67.4 Å². The number of rotatable bonds is 3. The van der Waals surface area contributed by atoms with E-state index in [-0.39, 0.29) is 5.91 Å². The van der Waals surface area contributed by atoms with Crippen LogP contribution >= 0.6 is 11.6 Å². The van der Waals surface area contributed by atoms with Crippen LogP contribution in [0, 0.1) is 0 Å². The summed E-state index contributed by atoms with van der Waals surface area (Å²) in [5.74, 6) is -0.348. The Hall–Kier alpha value is -3.05. The van der Waals surface area contributed by atoms with Gasteiger partial charge in [0.05, 0.1) is 11.3 Å². The minimum atomic E-state index is -0.646. The molecule has 0 atom stereocenters. The van der Waals surface area contributed by atoms with Crippen LogP contribution in [0.3, 0.4) is 0 Å². The molecule has 0 fully saturated rings. The van der Waals surface area contributed by atoms with Gasteiger partial charge >= 0.3 is 6.09 Å². The molecule has 0 spiro atoms. The van der Waals surface area contributed by atoms with Gasteiger partial charge < -0.3 is 10.1 Å². The molecule has 28 heavy (non-hydrogen) atoms. The van der Waals surface area contributed by atoms with Crippen molar-refractivity contribution >= 4 is 45.7 Å². The molecule has 0 aliphatic carbocycles. The Morgan fingerprint density at radius 2 is 1.50 bits per heavy atom. The van der Waals surface area contributed by atoms with E-state index >= 15 is 0 Å². The minimum absolute atomic E-state index is 0.333. The van der Waals surface area contributed by atoms with E-state index in [4.69, 9.17) is 16.3 Å². The number of hydrogen-bond donors (Lipinski definition) is 2. The van der Waals surface area contributed by atoms with Crippen molar-refractivity contribution < 1.29 is 14.3 Å². The molecule has 0 unspecified atom stereocenters. The summed E-state index contributed by atoms with van der Waals surface area (Å²) in [6.45, 7) is 5.34. The number of amides is 2. The molecule has 0 bridgehead atoms. The summed E-state index contributed by atoms with van der Waals surface area (Å²) in [6, 6.07) is 17.9. The Labute approximate surface area is 168 Å². The fourth-order valence-electron chi connectivity index (χ4n) is 2.68. The number of hydrogen-bond acceptors (Lipinski definition) is 3. The van der Waals surface area contributed by atoms with Gasteiger partial charge in [0.15, 0.2) is 0 Å². The Bertz CT molecular complexity index is 1020. The van der Waals surface area contributed by atoms with Gasteiger partial charge in [0.25, 0.3) is 5.91 Å². The van der Waals surface area contributed by atoms with E-state index in [0.717, 1.165) is 10.8 Å². The molecular weight excluding hydrogens is 376 g/mol. The number of fused-ring (bicyclic) bond motifs is 1. The first-order valence-corrected chi connectivity index (χ1v) is 9.19. The van der Waals surface area contributed by atoms with Crippen LogP contribution in [0.15, 0.2) is 60.7 Å². The van der Waals surface area contributed by atoms with E-state index in [1.165, 1.54) is 0 Å². The summed E-state index contributed by atoms with van der Waals surface area (Å²) in [4.78, 5) is 25.1. The molecule has 0 saturated carbocycles. The minimum Gasteiger partial charge on any atom is -0.444 e. The highest BCUT2D eigenvalue weighted by Gasteiger charge is 2.20. The SMILES string of the molecule is CC(C)(C)OC(=O)Nc1cc2ccccc2cc1C(=O)Nc1ccc(Cl)cc1. The molecule has 3 aromatic rings. The highest BCUT2D eigenvalue weighted by molar-refractivity contribution is 6.30. The summed E-state index contributed by atoms with van der Waals surface area (Å²) in [5.41, 5.74) is 0.664. The number of anilines is 2. The molecule has 0 aliphatic heterocycles. The summed E-state index contributed by atoms with van der Waals surface area (Å²) in [7, 11) is 0. The molecule has 144 valence electrons. The molecular formula is C22H21ClN2O3. The quantitative estimate of drug-likeness (QED) is 0.562. The highest BCUT2D eigenvalue weighted by atomic mass is 35.5. The molecule has 0 aliphatic rings. The molecule has 0 saturated heterocycles. The number of carbonyl (C=O) groups is 2. The van der Waals surface area contributed by atoms with Crippen LogP contribution in [0.2, 0.25) is 5.02 Å². The van der Waals surface area contributed by atoms with Crippen molar-refractivity contribution in [1.29, 1.82) is 0 Å². The lowest BCUT2D eigenvalue weighted by Gasteiger charge is -2.20. The molecule has 6 heteroatoms. The Morgan fingerprint density at radius 3 is 2.11 bits per heavy atom. The average molecular weight is 397 g/mol. The fourth-order valence-corrected chi connectivity index (χ4v) is 2.80. The maximum atomic E-state index is 12.9. The number of nitrogens with one attached hydrogen (secondary N) is 2. The maximum Gasteiger partial charge on any atom is 0.412 e. The van der Waals surface area contributed by atoms with Crippen LogP contribution in [0.4, 0.5) is 16.2 Å². The molecule has 0 aromatic heterocycles. The molecule has 2 amide bonds. The first-order valence-electron chi connectivity index (χ1n) is 8.81. The molecule has 3 aromatic carbocycles. The number of halogens is 1. The van der Waals surface area contributed by atoms with Crippen LogP contribution in [-0.2, 0) is 4.74 Å². The third-order valence-electron chi connectivity index (χ3n) is 3.87. The number of benzene rings is 3. The normalized spacial score (nSPS) is 11.1. The zero-order valence-electron chi connectivity index (χ0n) is 15.9. The molecule has 0 heterocycles. The van der Waals surface area contributed by atoms with Crippen LogP contribution in [0.5, 0.6) is 0 Å². The van der Waals surface area contributed by atoms with Crippen LogP contribution in [0.25, 0.3) is 10.8 Å². The first kappa shape index (κ1) is 19.7. The van der Waals surface area contributed by atoms with E-state index in [0.29, 0.717) is 22.0 Å². The zero-order valence-corrected chi connectivity index (χ0v) is 16.6. The lowest BCUT2D eigenvalue weighted by Crippen LogP contribution is -2.28. The van der Waals surface area contributed by atoms with Gasteiger partial charge in [0.1, 0.15) is 5.60 Å². The third kappa shape index (κ3) is 5.02. The number of carbonyl (C=O) groups excluding carboxylic acids is 2. The molecule has 2 N–H and O–H groups in total. The summed E-state index contributed by atoms with van der Waals surface area (Å²) in [6.07, 6.45) is -0.622. The number of ether oxygens (including phenoxy) is 1. The van der Waals surface area contributed by atoms with Gasteiger partial charge in [-0.05, 0) is 67.9 Å². The van der Waals surface area contributed by atoms with Crippen molar-refractivity contribution in [3.63, 3.8) is 0 Å². The lowest BCUT2D eigenvalue weighted by molar-refractivity contribution is 0.0636. The largest absolute Gasteiger partial charge is 0.444 e. The van der Waals surface area contributed by atoms with E-state index in [1.54, 1.807) is 57.2 Å². The van der Waals surface area contributed by atoms with E-state index in [1.807, 2.05) is 24.3 Å². The van der Waals surface area contributed by atoms with Crippen LogP contribution in [0.1, 0.15) is 31.1 Å². The monoisotopic (exact) mass is 396 g/mol. The van der Waals surface area contributed by atoms with Gasteiger partial charge in [-0.25, -0.2) is 4.79 Å². The van der Waals surface area contributed by atoms with Crippen molar-refractivity contribution in [2.75, 3.05) is 10.6 Å². The van der Waals surface area contributed by atoms with E-state index < -0.39 is 11.7 Å². The van der Waals surface area contributed by atoms with Gasteiger partial charge in [-0.15, -0.1) is 0 Å². The van der Waals surface area contributed by atoms with E-state index in [9.17, 15) is 9.59 Å². The predicted octanol–water partition coefficient (Wildman–Crippen LogP) is 6.09. The van der Waals surface area contributed by atoms with Gasteiger partial charge in [-0.2, -0.15) is 0 Å². The van der Waals surface area contributed by atoms with Crippen molar-refractivity contribution in [2.45, 2.75) is 26.4 Å². The first-order chi connectivity index (χ1) is 13.2. The molecule has 3 rings (SSSR count). The van der Waals surface area contributed by atoms with Crippen molar-refractivity contribution in [3.8, 4) is 0 Å². The Morgan fingerprint density at radius 1 is 0.893 bits per heavy atom. The standard InChI is InChI=1S/C22H21ClN2O3/c1-22(2,3)28-21(27)25-19-13-15-7-5-4-6-14(15)12-18(19)20(26)24-17-10-8-16(23)9-11-17/h4-13H,1-3H3,(H,24,26)(H,25,27). The smallest absolute Gasteiger partial charge is 0.412 e. The fraction of sp³-hybridized carbons (Fsp3) is 0.182. The molecule has 0 radical (unpaired) electrons. The second-order valence-electron chi connectivity index (χ2n) is 7.33. The van der Waals surface area contributed by atoms with Crippen molar-refractivity contribution in [2.24, 2.45) is 0 Å². The van der Waals surface area contributed by atoms with Crippen LogP contribution < -0.4 is 10.6 Å². The summed E-state index contributed by atoms with van der Waals surface area (Å²) < 4.78 is 5.32. The second kappa shape index (κ2) is 7.90. The maximum absolute atomic E-state index is 12.9. The third-order valence-corrected chi connectivity index (χ3v) is 4.12. The zero-order chi connectivity index (χ0) is 20.3. The Balaban J connectivity index is 1.95. The predicted molar refractivity (Wildman–Crippen MR) is 113 cm³/mol. The van der Waals surface area contributed by atoms with Gasteiger partial charge in [0.2, 0.25) is 0 Å². The van der Waals surface area contributed by atoms with Crippen molar-refractivity contribution in [3.05, 3.63) is 71.2 Å². The Kier molecular flexibility index (Phi) is 5.56. The average Bonchev–Trinajstić information content (AvgIpc) is 2.61. The van der Waals surface area contributed by atoms with Gasteiger partial charge in [-0.1, -0.05) is 35.9 Å². The van der Waals surface area contributed by atoms with Crippen LogP contribution in [-0.4, -0.2) is 17.6 Å². The lowest BCUT2D eigenvalue weighted by atomic mass is 10.0. The van der Waals surface area contributed by atoms with Gasteiger partial charge in [0, 0.05) is 10.7 Å². The summed E-state index contributed by atoms with van der Waals surface area (Å²) in [5, 5.41) is 7.88. The second-order valence-corrected chi connectivity index (χ2v) is 7.77. The van der Waals surface area contributed by atoms with Crippen molar-refractivity contribution in [1.82, 2.24) is 0 Å². The highest BCUT2D eigenvalue weighted by Crippen LogP contribution is 2.26. The summed E-state index contributed by atoms with van der Waals surface area (Å²) >= 11 is 5.89. The van der Waals surface area contributed by atoms with E-state index in [2.05, 4.69) is 10.6 Å². The molecule has 5 nitrogen and oxygen atoms in total. The van der Waals surface area contributed by atoms with Gasteiger partial charge in [-0.3, -0.25) is 10.1 Å².